The fourth-order valence-corrected chi connectivity index (χ4v) is 6.10. The Labute approximate surface area is 232 Å². The number of rotatable bonds is 2. The van der Waals surface area contributed by atoms with Gasteiger partial charge in [-0.25, -0.2) is 4.98 Å². The standard InChI is InChI=1S/C35H28BNO3/c1-34(2)35(3,4)40-36(39-34)28-14-8-12-26-25(28)19-17-22-15-16-23-18-20-29-32(31(23)30(22)26)38-33(37-29)27-13-7-10-21-9-5-6-11-24(21)27/h5-20H,1-4H3. The predicted octanol–water partition coefficient (Wildman–Crippen LogP) is 8.41. The second-order valence-corrected chi connectivity index (χ2v) is 11.8. The first kappa shape index (κ1) is 23.7. The van der Waals surface area contributed by atoms with Gasteiger partial charge in [0.2, 0.25) is 5.89 Å². The molecule has 0 bridgehead atoms. The molecule has 6 aromatic carbocycles. The Kier molecular flexibility index (Phi) is 4.84. The Morgan fingerprint density at radius 1 is 0.575 bits per heavy atom. The van der Waals surface area contributed by atoms with Crippen molar-refractivity contribution in [2.24, 2.45) is 0 Å². The molecule has 0 atom stereocenters. The molecule has 7 aromatic rings. The van der Waals surface area contributed by atoms with E-state index in [0.717, 1.165) is 59.8 Å². The summed E-state index contributed by atoms with van der Waals surface area (Å²) in [5, 5.41) is 9.06. The van der Waals surface area contributed by atoms with Crippen molar-refractivity contribution in [3.05, 3.63) is 97.1 Å². The Hall–Kier alpha value is -4.19. The normalized spacial score (nSPS) is 16.6. The zero-order valence-corrected chi connectivity index (χ0v) is 23.0. The maximum absolute atomic E-state index is 6.66. The van der Waals surface area contributed by atoms with E-state index in [4.69, 9.17) is 18.7 Å². The molecule has 40 heavy (non-hydrogen) atoms. The van der Waals surface area contributed by atoms with E-state index in [1.54, 1.807) is 0 Å². The molecule has 5 heteroatoms. The molecule has 0 amide bonds. The average molecular weight is 521 g/mol. The van der Waals surface area contributed by atoms with Crippen molar-refractivity contribution >= 4 is 66.8 Å². The largest absolute Gasteiger partial charge is 0.495 e. The molecule has 1 saturated heterocycles. The molecule has 0 spiro atoms. The van der Waals surface area contributed by atoms with Gasteiger partial charge in [-0.05, 0) is 77.6 Å². The number of fused-ring (bicyclic) bond motifs is 8. The van der Waals surface area contributed by atoms with Crippen LogP contribution in [0.5, 0.6) is 0 Å². The SMILES string of the molecule is CC1(C)OB(c2cccc3c2ccc2ccc4ccc5nc(-c6cccc7ccccc67)oc5c4c23)OC1(C)C. The molecule has 4 nitrogen and oxygen atoms in total. The maximum Gasteiger partial charge on any atom is 0.495 e. The number of benzene rings is 6. The fraction of sp³-hybridized carbons (Fsp3) is 0.171. The minimum Gasteiger partial charge on any atom is -0.435 e. The smallest absolute Gasteiger partial charge is 0.435 e. The number of nitrogens with zero attached hydrogens (tertiary/aromatic N) is 1. The lowest BCUT2D eigenvalue weighted by atomic mass is 9.75. The van der Waals surface area contributed by atoms with Crippen molar-refractivity contribution in [1.82, 2.24) is 4.98 Å². The van der Waals surface area contributed by atoms with Crippen molar-refractivity contribution in [1.29, 1.82) is 0 Å². The zero-order chi connectivity index (χ0) is 27.2. The van der Waals surface area contributed by atoms with Crippen LogP contribution in [0.2, 0.25) is 0 Å². The Morgan fingerprint density at radius 3 is 2.05 bits per heavy atom. The van der Waals surface area contributed by atoms with Gasteiger partial charge in [-0.1, -0.05) is 84.9 Å². The van der Waals surface area contributed by atoms with Crippen molar-refractivity contribution < 1.29 is 13.7 Å². The summed E-state index contributed by atoms with van der Waals surface area (Å²) in [6, 6.07) is 33.9. The van der Waals surface area contributed by atoms with Gasteiger partial charge >= 0.3 is 7.12 Å². The molecule has 0 aliphatic carbocycles. The lowest BCUT2D eigenvalue weighted by Crippen LogP contribution is -2.41. The van der Waals surface area contributed by atoms with Crippen LogP contribution < -0.4 is 5.46 Å². The van der Waals surface area contributed by atoms with Crippen molar-refractivity contribution in [3.8, 4) is 11.5 Å². The molecule has 0 unspecified atom stereocenters. The monoisotopic (exact) mass is 521 g/mol. The summed E-state index contributed by atoms with van der Waals surface area (Å²) >= 11 is 0. The first-order chi connectivity index (χ1) is 19.3. The Bertz CT molecular complexity index is 2120. The quantitative estimate of drug-likeness (QED) is 0.169. The van der Waals surface area contributed by atoms with Crippen molar-refractivity contribution in [2.45, 2.75) is 38.9 Å². The highest BCUT2D eigenvalue weighted by atomic mass is 16.7. The summed E-state index contributed by atoms with van der Waals surface area (Å²) in [6.45, 7) is 8.37. The molecule has 1 aromatic heterocycles. The molecule has 0 N–H and O–H groups in total. The summed E-state index contributed by atoms with van der Waals surface area (Å²) in [7, 11) is -0.440. The average Bonchev–Trinajstić information content (AvgIpc) is 3.48. The van der Waals surface area contributed by atoms with Gasteiger partial charge in [-0.3, -0.25) is 0 Å². The topological polar surface area (TPSA) is 44.5 Å². The highest BCUT2D eigenvalue weighted by molar-refractivity contribution is 6.65. The van der Waals surface area contributed by atoms with Crippen LogP contribution in [0.25, 0.3) is 65.6 Å². The van der Waals surface area contributed by atoms with E-state index < -0.39 is 18.3 Å². The second-order valence-electron chi connectivity index (χ2n) is 11.8. The molecule has 1 fully saturated rings. The van der Waals surface area contributed by atoms with Crippen LogP contribution in [0, 0.1) is 0 Å². The third-order valence-electron chi connectivity index (χ3n) is 8.94. The van der Waals surface area contributed by atoms with E-state index in [0.29, 0.717) is 5.89 Å². The fourth-order valence-electron chi connectivity index (χ4n) is 6.10. The van der Waals surface area contributed by atoms with E-state index in [-0.39, 0.29) is 0 Å². The summed E-state index contributed by atoms with van der Waals surface area (Å²) in [5.74, 6) is 0.634. The lowest BCUT2D eigenvalue weighted by Gasteiger charge is -2.32. The third kappa shape index (κ3) is 3.31. The van der Waals surface area contributed by atoms with Crippen LogP contribution in [-0.4, -0.2) is 23.3 Å². The zero-order valence-electron chi connectivity index (χ0n) is 23.0. The van der Waals surface area contributed by atoms with E-state index in [1.807, 2.05) is 0 Å². The van der Waals surface area contributed by atoms with E-state index >= 15 is 0 Å². The van der Waals surface area contributed by atoms with Gasteiger partial charge in [0.25, 0.3) is 0 Å². The summed E-state index contributed by atoms with van der Waals surface area (Å²) in [5.41, 5.74) is 2.87. The number of oxazole rings is 1. The Balaban J connectivity index is 1.41. The van der Waals surface area contributed by atoms with E-state index in [9.17, 15) is 0 Å². The van der Waals surface area contributed by atoms with Gasteiger partial charge in [0.05, 0.1) is 11.2 Å². The first-order valence-electron chi connectivity index (χ1n) is 13.8. The molecule has 8 rings (SSSR count). The third-order valence-corrected chi connectivity index (χ3v) is 8.94. The van der Waals surface area contributed by atoms with Crippen molar-refractivity contribution in [2.75, 3.05) is 0 Å². The van der Waals surface area contributed by atoms with Gasteiger partial charge < -0.3 is 13.7 Å². The van der Waals surface area contributed by atoms with Gasteiger partial charge in [0.1, 0.15) is 5.52 Å². The van der Waals surface area contributed by atoms with Gasteiger partial charge in [0.15, 0.2) is 5.58 Å². The summed E-state index contributed by atoms with van der Waals surface area (Å²) in [4.78, 5) is 4.98. The number of hydrogen-bond donors (Lipinski definition) is 0. The summed E-state index contributed by atoms with van der Waals surface area (Å²) < 4.78 is 19.6. The first-order valence-corrected chi connectivity index (χ1v) is 13.8. The Morgan fingerprint density at radius 2 is 1.23 bits per heavy atom. The minimum atomic E-state index is -0.440. The molecule has 1 aliphatic rings. The number of aromatic nitrogens is 1. The second kappa shape index (κ2) is 8.17. The van der Waals surface area contributed by atoms with Crippen molar-refractivity contribution in [3.63, 3.8) is 0 Å². The van der Waals surface area contributed by atoms with Crippen LogP contribution in [-0.2, 0) is 9.31 Å². The van der Waals surface area contributed by atoms with Gasteiger partial charge in [-0.15, -0.1) is 0 Å². The van der Waals surface area contributed by atoms with E-state index in [1.165, 1.54) is 5.39 Å². The van der Waals surface area contributed by atoms with Gasteiger partial charge in [0, 0.05) is 16.3 Å². The molecule has 0 saturated carbocycles. The molecular formula is C35H28BNO3. The summed E-state index contributed by atoms with van der Waals surface area (Å²) in [6.07, 6.45) is 0. The molecular weight excluding hydrogens is 493 g/mol. The predicted molar refractivity (Wildman–Crippen MR) is 165 cm³/mol. The van der Waals surface area contributed by atoms with E-state index in [2.05, 4.69) is 125 Å². The molecule has 194 valence electrons. The maximum atomic E-state index is 6.66. The van der Waals surface area contributed by atoms with Gasteiger partial charge in [-0.2, -0.15) is 0 Å². The minimum absolute atomic E-state index is 0.409. The molecule has 1 aliphatic heterocycles. The molecule has 0 radical (unpaired) electrons. The van der Waals surface area contributed by atoms with Crippen LogP contribution in [0.3, 0.4) is 0 Å². The highest BCUT2D eigenvalue weighted by Crippen LogP contribution is 2.40. The van der Waals surface area contributed by atoms with Crippen LogP contribution >= 0.6 is 0 Å². The lowest BCUT2D eigenvalue weighted by molar-refractivity contribution is 0.00578. The molecule has 2 heterocycles. The van der Waals surface area contributed by atoms with Crippen LogP contribution in [0.15, 0.2) is 101 Å². The van der Waals surface area contributed by atoms with Crippen LogP contribution in [0.4, 0.5) is 0 Å². The highest BCUT2D eigenvalue weighted by Gasteiger charge is 2.52. The van der Waals surface area contributed by atoms with Crippen LogP contribution in [0.1, 0.15) is 27.7 Å². The number of hydrogen-bond acceptors (Lipinski definition) is 4.